The molecule has 1 aromatic carbocycles. The second-order valence-electron chi connectivity index (χ2n) is 6.15. The van der Waals surface area contributed by atoms with Crippen molar-refractivity contribution in [2.45, 2.75) is 32.7 Å². The number of imidazole rings is 1. The molecule has 0 unspecified atom stereocenters. The number of fused-ring (bicyclic) bond motifs is 2. The molecule has 6 heteroatoms. The molecule has 0 atom stereocenters. The quantitative estimate of drug-likeness (QED) is 0.917. The van der Waals surface area contributed by atoms with Crippen LogP contribution in [-0.2, 0) is 16.8 Å². The molecular weight excluding hydrogens is 272 g/mol. The van der Waals surface area contributed by atoms with Crippen molar-refractivity contribution >= 4 is 17.0 Å². The van der Waals surface area contributed by atoms with Crippen LogP contribution in [-0.4, -0.2) is 33.8 Å². The zero-order valence-electron chi connectivity index (χ0n) is 12.3. The van der Waals surface area contributed by atoms with Crippen LogP contribution in [0.3, 0.4) is 0 Å². The zero-order valence-corrected chi connectivity index (χ0v) is 12.3. The smallest absolute Gasteiger partial charge is 0.323 e. The van der Waals surface area contributed by atoms with E-state index in [2.05, 4.69) is 4.98 Å². The number of carboxylic acids is 1. The lowest BCUT2D eigenvalue weighted by molar-refractivity contribution is -0.137. The number of aromatic nitrogens is 2. The van der Waals surface area contributed by atoms with Gasteiger partial charge in [-0.3, -0.25) is 4.79 Å². The normalized spacial score (nSPS) is 14.4. The van der Waals surface area contributed by atoms with Gasteiger partial charge in [0.2, 0.25) is 0 Å². The fourth-order valence-electron chi connectivity index (χ4n) is 2.53. The van der Waals surface area contributed by atoms with Crippen LogP contribution in [0.25, 0.3) is 11.0 Å². The number of nitrogens with zero attached hydrogens (tertiary/aromatic N) is 2. The average molecular weight is 290 g/mol. The molecule has 21 heavy (non-hydrogen) atoms. The number of hydrogen-bond donors (Lipinski definition) is 1. The van der Waals surface area contributed by atoms with Crippen LogP contribution < -0.4 is 9.47 Å². The number of hydrogen-bond acceptors (Lipinski definition) is 4. The predicted molar refractivity (Wildman–Crippen MR) is 77.1 cm³/mol. The maximum Gasteiger partial charge on any atom is 0.323 e. The predicted octanol–water partition coefficient (Wildman–Crippen LogP) is 2.19. The maximum absolute atomic E-state index is 11.2. The molecule has 0 aliphatic carbocycles. The van der Waals surface area contributed by atoms with Crippen molar-refractivity contribution in [3.05, 3.63) is 18.0 Å². The Balaban J connectivity index is 2.24. The molecule has 1 aliphatic heterocycles. The van der Waals surface area contributed by atoms with E-state index in [4.69, 9.17) is 14.6 Å². The molecule has 2 aromatic rings. The van der Waals surface area contributed by atoms with Crippen LogP contribution in [0.1, 0.15) is 26.6 Å². The zero-order chi connectivity index (χ0) is 15.2. The molecule has 1 aliphatic rings. The molecule has 0 saturated heterocycles. The first-order valence-corrected chi connectivity index (χ1v) is 6.88. The number of carboxylic acid groups (broad SMARTS) is 1. The lowest BCUT2D eigenvalue weighted by atomic mass is 9.95. The van der Waals surface area contributed by atoms with E-state index in [1.165, 1.54) is 0 Å². The van der Waals surface area contributed by atoms with E-state index in [1.807, 2.05) is 32.9 Å². The Morgan fingerprint density at radius 1 is 1.29 bits per heavy atom. The van der Waals surface area contributed by atoms with Crippen molar-refractivity contribution in [1.82, 2.24) is 9.55 Å². The lowest BCUT2D eigenvalue weighted by Gasteiger charge is -2.20. The minimum absolute atomic E-state index is 0.122. The summed E-state index contributed by atoms with van der Waals surface area (Å²) in [6, 6.07) is 3.63. The van der Waals surface area contributed by atoms with Crippen molar-refractivity contribution in [2.24, 2.45) is 0 Å². The minimum atomic E-state index is -0.894. The van der Waals surface area contributed by atoms with Crippen LogP contribution in [0.5, 0.6) is 11.5 Å². The fourth-order valence-corrected chi connectivity index (χ4v) is 2.53. The lowest BCUT2D eigenvalue weighted by Crippen LogP contribution is -2.21. The fraction of sp³-hybridized carbons (Fsp3) is 0.467. The second-order valence-corrected chi connectivity index (χ2v) is 6.15. The first kappa shape index (κ1) is 13.7. The molecule has 1 N–H and O–H groups in total. The van der Waals surface area contributed by atoms with Gasteiger partial charge in [0.05, 0.1) is 11.0 Å². The molecule has 0 amide bonds. The van der Waals surface area contributed by atoms with Gasteiger partial charge in [-0.05, 0) is 0 Å². The highest BCUT2D eigenvalue weighted by molar-refractivity contribution is 5.82. The van der Waals surface area contributed by atoms with Gasteiger partial charge in [0.1, 0.15) is 25.6 Å². The standard InChI is InChI=1S/C15H18N2O4/c1-15(2,3)14-16-9-6-11-12(21-5-4-20-11)7-10(9)17(14)8-13(18)19/h6-7H,4-5,8H2,1-3H3,(H,18,19). The molecule has 0 saturated carbocycles. The van der Waals surface area contributed by atoms with E-state index in [9.17, 15) is 4.79 Å². The minimum Gasteiger partial charge on any atom is -0.486 e. The molecular formula is C15H18N2O4. The first-order chi connectivity index (χ1) is 9.86. The molecule has 6 nitrogen and oxygen atoms in total. The number of carbonyl (C=O) groups is 1. The van der Waals surface area contributed by atoms with Crippen molar-refractivity contribution in [3.8, 4) is 11.5 Å². The summed E-state index contributed by atoms with van der Waals surface area (Å²) in [6.07, 6.45) is 0. The third-order valence-electron chi connectivity index (χ3n) is 3.38. The topological polar surface area (TPSA) is 73.6 Å². The van der Waals surface area contributed by atoms with E-state index in [-0.39, 0.29) is 12.0 Å². The van der Waals surface area contributed by atoms with Gasteiger partial charge in [-0.15, -0.1) is 0 Å². The number of ether oxygens (including phenoxy) is 2. The highest BCUT2D eigenvalue weighted by Crippen LogP contribution is 2.36. The first-order valence-electron chi connectivity index (χ1n) is 6.88. The van der Waals surface area contributed by atoms with Crippen LogP contribution in [0, 0.1) is 0 Å². The Hall–Kier alpha value is -2.24. The van der Waals surface area contributed by atoms with E-state index < -0.39 is 5.97 Å². The molecule has 112 valence electrons. The Kier molecular flexibility index (Phi) is 3.04. The van der Waals surface area contributed by atoms with Crippen LogP contribution >= 0.6 is 0 Å². The Morgan fingerprint density at radius 2 is 1.90 bits per heavy atom. The van der Waals surface area contributed by atoms with Crippen molar-refractivity contribution in [2.75, 3.05) is 13.2 Å². The monoisotopic (exact) mass is 290 g/mol. The third kappa shape index (κ3) is 2.41. The summed E-state index contributed by atoms with van der Waals surface area (Å²) in [5.41, 5.74) is 1.23. The largest absolute Gasteiger partial charge is 0.486 e. The number of aliphatic carboxylic acids is 1. The molecule has 1 aromatic heterocycles. The summed E-state index contributed by atoms with van der Waals surface area (Å²) in [4.78, 5) is 15.8. The van der Waals surface area contributed by atoms with Crippen molar-refractivity contribution < 1.29 is 19.4 Å². The summed E-state index contributed by atoms with van der Waals surface area (Å²) in [6.45, 7) is 6.93. The molecule has 3 rings (SSSR count). The van der Waals surface area contributed by atoms with Gasteiger partial charge in [0, 0.05) is 17.5 Å². The van der Waals surface area contributed by atoms with Gasteiger partial charge >= 0.3 is 5.97 Å². The Labute approximate surface area is 122 Å². The highest BCUT2D eigenvalue weighted by Gasteiger charge is 2.25. The molecule has 2 heterocycles. The summed E-state index contributed by atoms with van der Waals surface area (Å²) < 4.78 is 12.9. The summed E-state index contributed by atoms with van der Waals surface area (Å²) in [7, 11) is 0. The molecule has 0 spiro atoms. The number of rotatable bonds is 2. The summed E-state index contributed by atoms with van der Waals surface area (Å²) in [5.74, 6) is 1.15. The van der Waals surface area contributed by atoms with Crippen molar-refractivity contribution in [3.63, 3.8) is 0 Å². The van der Waals surface area contributed by atoms with Gasteiger partial charge in [0.15, 0.2) is 11.5 Å². The van der Waals surface area contributed by atoms with Gasteiger partial charge < -0.3 is 19.1 Å². The Morgan fingerprint density at radius 3 is 2.48 bits per heavy atom. The van der Waals surface area contributed by atoms with Gasteiger partial charge in [0.25, 0.3) is 0 Å². The summed E-state index contributed by atoms with van der Waals surface area (Å²) >= 11 is 0. The van der Waals surface area contributed by atoms with E-state index in [0.717, 1.165) is 16.9 Å². The molecule has 0 radical (unpaired) electrons. The van der Waals surface area contributed by atoms with Crippen molar-refractivity contribution in [1.29, 1.82) is 0 Å². The number of benzene rings is 1. The SMILES string of the molecule is CC(C)(C)c1nc2cc3c(cc2n1CC(=O)O)OCCO3. The van der Waals surface area contributed by atoms with Crippen LogP contribution in [0.15, 0.2) is 12.1 Å². The molecule has 0 bridgehead atoms. The Bertz CT molecular complexity index is 713. The second kappa shape index (κ2) is 4.65. The van der Waals surface area contributed by atoms with Gasteiger partial charge in [-0.2, -0.15) is 0 Å². The van der Waals surface area contributed by atoms with E-state index >= 15 is 0 Å². The average Bonchev–Trinajstić information content (AvgIpc) is 2.74. The highest BCUT2D eigenvalue weighted by atomic mass is 16.6. The van der Waals surface area contributed by atoms with E-state index in [1.54, 1.807) is 4.57 Å². The van der Waals surface area contributed by atoms with E-state index in [0.29, 0.717) is 24.7 Å². The summed E-state index contributed by atoms with van der Waals surface area (Å²) in [5, 5.41) is 9.17. The third-order valence-corrected chi connectivity index (χ3v) is 3.38. The molecule has 0 fully saturated rings. The maximum atomic E-state index is 11.2. The van der Waals surface area contributed by atoms with Crippen LogP contribution in [0.2, 0.25) is 0 Å². The van der Waals surface area contributed by atoms with Crippen LogP contribution in [0.4, 0.5) is 0 Å². The van der Waals surface area contributed by atoms with Gasteiger partial charge in [-0.25, -0.2) is 4.98 Å². The van der Waals surface area contributed by atoms with Gasteiger partial charge in [-0.1, -0.05) is 20.8 Å².